The van der Waals surface area contributed by atoms with Gasteiger partial charge in [-0.25, -0.2) is 26.3 Å². The number of benzene rings is 4. The Morgan fingerprint density at radius 3 is 1.84 bits per heavy atom. The second-order valence-electron chi connectivity index (χ2n) is 9.56. The van der Waals surface area contributed by atoms with Gasteiger partial charge in [0.05, 0.1) is 11.1 Å². The van der Waals surface area contributed by atoms with E-state index in [1.54, 1.807) is 6.07 Å². The number of rotatable bonds is 7. The molecule has 4 rings (SSSR count). The molecule has 0 N–H and O–H groups in total. The highest BCUT2D eigenvalue weighted by Gasteiger charge is 2.39. The Bertz CT molecular complexity index is 1720. The molecule has 1 nitrogen and oxygen atoms in total. The van der Waals surface area contributed by atoms with Crippen LogP contribution in [0, 0.1) is 46.7 Å². The number of hydrogen-bond donors (Lipinski definition) is 0. The lowest BCUT2D eigenvalue weighted by Gasteiger charge is -2.19. The molecule has 0 heterocycles. The zero-order valence-electron chi connectivity index (χ0n) is 22.5. The Kier molecular flexibility index (Phi) is 9.27. The first-order valence-electron chi connectivity index (χ1n) is 12.8. The average molecular weight is 628 g/mol. The summed E-state index contributed by atoms with van der Waals surface area (Å²) in [6.45, 7) is 1.97. The van der Waals surface area contributed by atoms with E-state index in [0.717, 1.165) is 18.9 Å². The van der Waals surface area contributed by atoms with E-state index in [4.69, 9.17) is 0 Å². The Labute approximate surface area is 243 Å². The number of hydrogen-bond acceptors (Lipinski definition) is 1. The fraction of sp³-hybridized carbons (Fsp3) is 0.188. The van der Waals surface area contributed by atoms with E-state index < -0.39 is 75.2 Å². The molecule has 0 saturated carbocycles. The van der Waals surface area contributed by atoms with E-state index >= 15 is 0 Å². The zero-order valence-corrected chi connectivity index (χ0v) is 22.5. The van der Waals surface area contributed by atoms with Crippen molar-refractivity contribution in [2.24, 2.45) is 0 Å². The summed E-state index contributed by atoms with van der Waals surface area (Å²) < 4.78 is 158. The van der Waals surface area contributed by atoms with Crippen molar-refractivity contribution in [3.8, 4) is 28.7 Å². The molecule has 0 aliphatic rings. The second-order valence-corrected chi connectivity index (χ2v) is 9.56. The quantitative estimate of drug-likeness (QED) is 0.146. The van der Waals surface area contributed by atoms with Crippen LogP contribution in [0.1, 0.15) is 47.6 Å². The van der Waals surface area contributed by atoms with Gasteiger partial charge in [-0.3, -0.25) is 0 Å². The third kappa shape index (κ3) is 7.15. The van der Waals surface area contributed by atoms with E-state index in [1.807, 2.05) is 18.8 Å². The maximum atomic E-state index is 14.9. The molecule has 230 valence electrons. The summed E-state index contributed by atoms with van der Waals surface area (Å²) in [5, 5.41) is 0. The lowest BCUT2D eigenvalue weighted by molar-refractivity contribution is -0.187. The van der Waals surface area contributed by atoms with Crippen molar-refractivity contribution in [1.29, 1.82) is 0 Å². The highest BCUT2D eigenvalue weighted by Crippen LogP contribution is 2.37. The van der Waals surface area contributed by atoms with E-state index in [1.165, 1.54) is 12.1 Å². The molecule has 4 aromatic rings. The number of alkyl halides is 5. The highest BCUT2D eigenvalue weighted by molar-refractivity contribution is 5.65. The van der Waals surface area contributed by atoms with Gasteiger partial charge in [-0.15, -0.1) is 0 Å². The van der Waals surface area contributed by atoms with Crippen LogP contribution in [0.15, 0.2) is 60.7 Å². The van der Waals surface area contributed by atoms with Crippen molar-refractivity contribution in [1.82, 2.24) is 0 Å². The fourth-order valence-electron chi connectivity index (χ4n) is 4.23. The SMILES string of the molecule is CCCCc1ccc(-c2ccc(C(F)(F)Oc3cc(F)c(C#Cc4cc(F)c(C(F)(F)F)c(F)c4)c(F)c3)c(F)c2)c(F)c1. The molecule has 0 aliphatic heterocycles. The van der Waals surface area contributed by atoms with Crippen molar-refractivity contribution in [2.45, 2.75) is 38.5 Å². The summed E-state index contributed by atoms with van der Waals surface area (Å²) in [4.78, 5) is 0. The molecule has 0 fully saturated rings. The minimum Gasteiger partial charge on any atom is -0.429 e. The minimum absolute atomic E-state index is 0.0393. The van der Waals surface area contributed by atoms with Gasteiger partial charge in [-0.1, -0.05) is 43.4 Å². The Hall–Kier alpha value is -4.53. The van der Waals surface area contributed by atoms with Crippen LogP contribution in [0.3, 0.4) is 0 Å². The summed E-state index contributed by atoms with van der Waals surface area (Å²) >= 11 is 0. The van der Waals surface area contributed by atoms with E-state index in [2.05, 4.69) is 4.74 Å². The Morgan fingerprint density at radius 2 is 1.30 bits per heavy atom. The molecular formula is C32H19F11O. The topological polar surface area (TPSA) is 9.23 Å². The lowest BCUT2D eigenvalue weighted by Crippen LogP contribution is -2.23. The average Bonchev–Trinajstić information content (AvgIpc) is 2.89. The van der Waals surface area contributed by atoms with Crippen molar-refractivity contribution in [3.63, 3.8) is 0 Å². The first-order valence-corrected chi connectivity index (χ1v) is 12.8. The van der Waals surface area contributed by atoms with Gasteiger partial charge in [0.1, 0.15) is 46.2 Å². The summed E-state index contributed by atoms with van der Waals surface area (Å²) in [5.41, 5.74) is -4.67. The van der Waals surface area contributed by atoms with Crippen LogP contribution in [-0.4, -0.2) is 0 Å². The minimum atomic E-state index is -5.35. The molecule has 0 aliphatic carbocycles. The third-order valence-electron chi connectivity index (χ3n) is 6.37. The summed E-state index contributed by atoms with van der Waals surface area (Å²) in [5.74, 6) is -6.74. The monoisotopic (exact) mass is 628 g/mol. The van der Waals surface area contributed by atoms with Gasteiger partial charge >= 0.3 is 12.3 Å². The number of ether oxygens (including phenoxy) is 1. The molecule has 44 heavy (non-hydrogen) atoms. The van der Waals surface area contributed by atoms with Gasteiger partial charge in [0.25, 0.3) is 0 Å². The first kappa shape index (κ1) is 32.4. The van der Waals surface area contributed by atoms with Crippen molar-refractivity contribution in [3.05, 3.63) is 123 Å². The second kappa shape index (κ2) is 12.6. The molecule has 0 bridgehead atoms. The van der Waals surface area contributed by atoms with Gasteiger partial charge in [0.15, 0.2) is 0 Å². The van der Waals surface area contributed by atoms with E-state index in [-0.39, 0.29) is 35.4 Å². The van der Waals surface area contributed by atoms with Crippen LogP contribution in [0.4, 0.5) is 48.3 Å². The molecule has 0 atom stereocenters. The summed E-state index contributed by atoms with van der Waals surface area (Å²) in [6, 6.07) is 7.55. The van der Waals surface area contributed by atoms with Crippen molar-refractivity contribution >= 4 is 0 Å². The van der Waals surface area contributed by atoms with Crippen LogP contribution in [0.5, 0.6) is 5.75 Å². The van der Waals surface area contributed by atoms with Crippen LogP contribution in [0.25, 0.3) is 11.1 Å². The Balaban J connectivity index is 1.56. The van der Waals surface area contributed by atoms with Crippen LogP contribution in [-0.2, 0) is 18.7 Å². The molecule has 0 aromatic heterocycles. The zero-order chi connectivity index (χ0) is 32.4. The molecular weight excluding hydrogens is 609 g/mol. The molecule has 0 radical (unpaired) electrons. The van der Waals surface area contributed by atoms with Gasteiger partial charge in [-0.2, -0.15) is 22.0 Å². The number of aryl methyl sites for hydroxylation is 1. The molecule has 0 saturated heterocycles. The van der Waals surface area contributed by atoms with Gasteiger partial charge in [0.2, 0.25) is 0 Å². The highest BCUT2D eigenvalue weighted by atomic mass is 19.4. The summed E-state index contributed by atoms with van der Waals surface area (Å²) in [6.07, 6.45) is -7.48. The molecule has 0 spiro atoms. The van der Waals surface area contributed by atoms with Crippen LogP contribution < -0.4 is 4.74 Å². The van der Waals surface area contributed by atoms with Gasteiger partial charge in [-0.05, 0) is 54.3 Å². The number of halogens is 11. The maximum absolute atomic E-state index is 14.9. The standard InChI is InChI=1S/C32H19F11O/c1-2-3-4-17-5-8-21(24(33)11-17)19-7-10-23(27(36)14-19)32(42,43)44-20-15-25(34)22(26(35)16-20)9-6-18-12-28(37)30(29(38)13-18)31(39,40)41/h5,7-8,10-16H,2-4H2,1H3. The fourth-order valence-corrected chi connectivity index (χ4v) is 4.23. The maximum Gasteiger partial charge on any atom is 0.429 e. The largest absolute Gasteiger partial charge is 0.429 e. The normalized spacial score (nSPS) is 11.7. The van der Waals surface area contributed by atoms with Crippen molar-refractivity contribution < 1.29 is 53.0 Å². The first-order chi connectivity index (χ1) is 20.6. The van der Waals surface area contributed by atoms with Crippen LogP contribution in [0.2, 0.25) is 0 Å². The smallest absolute Gasteiger partial charge is 0.429 e. The third-order valence-corrected chi connectivity index (χ3v) is 6.37. The predicted molar refractivity (Wildman–Crippen MR) is 139 cm³/mol. The molecule has 0 amide bonds. The van der Waals surface area contributed by atoms with E-state index in [0.29, 0.717) is 24.1 Å². The summed E-state index contributed by atoms with van der Waals surface area (Å²) in [7, 11) is 0. The molecule has 4 aromatic carbocycles. The van der Waals surface area contributed by atoms with Gasteiger partial charge in [0, 0.05) is 23.3 Å². The van der Waals surface area contributed by atoms with Gasteiger partial charge < -0.3 is 4.74 Å². The molecule has 0 unspecified atom stereocenters. The predicted octanol–water partition coefficient (Wildman–Crippen LogP) is 10.1. The number of unbranched alkanes of at least 4 members (excludes halogenated alkanes) is 1. The van der Waals surface area contributed by atoms with Crippen molar-refractivity contribution in [2.75, 3.05) is 0 Å². The molecule has 12 heteroatoms. The van der Waals surface area contributed by atoms with Crippen LogP contribution >= 0.6 is 0 Å². The van der Waals surface area contributed by atoms with E-state index in [9.17, 15) is 48.3 Å². The lowest BCUT2D eigenvalue weighted by atomic mass is 9.99. The Morgan fingerprint density at radius 1 is 0.659 bits per heavy atom.